The third-order valence-electron chi connectivity index (χ3n) is 2.72. The Labute approximate surface area is 98.8 Å². The maximum absolute atomic E-state index is 11.4. The molecule has 1 fully saturated rings. The van der Waals surface area contributed by atoms with Crippen molar-refractivity contribution in [2.45, 2.75) is 46.0 Å². The van der Waals surface area contributed by atoms with Gasteiger partial charge in [-0.1, -0.05) is 30.7 Å². The van der Waals surface area contributed by atoms with Crippen molar-refractivity contribution >= 4 is 5.91 Å². The van der Waals surface area contributed by atoms with Crippen molar-refractivity contribution in [3.05, 3.63) is 23.8 Å². The zero-order valence-electron chi connectivity index (χ0n) is 10.5. The molecule has 1 rings (SSSR count). The van der Waals surface area contributed by atoms with Crippen molar-refractivity contribution < 1.29 is 4.79 Å². The summed E-state index contributed by atoms with van der Waals surface area (Å²) in [6, 6.07) is 0. The molecular weight excluding hydrogens is 198 g/mol. The molecule has 0 radical (unpaired) electrons. The molecule has 0 aromatic carbocycles. The predicted octanol–water partition coefficient (Wildman–Crippen LogP) is 3.21. The highest BCUT2D eigenvalue weighted by Crippen LogP contribution is 2.28. The van der Waals surface area contributed by atoms with Gasteiger partial charge in [0.15, 0.2) is 0 Å². The third kappa shape index (κ3) is 5.74. The Kier molecular flexibility index (Phi) is 5.91. The predicted molar refractivity (Wildman–Crippen MR) is 68.2 cm³/mol. The maximum Gasteiger partial charge on any atom is 0.223 e. The first kappa shape index (κ1) is 13.0. The Morgan fingerprint density at radius 3 is 2.69 bits per heavy atom. The first-order valence-corrected chi connectivity index (χ1v) is 6.32. The Morgan fingerprint density at radius 2 is 2.06 bits per heavy atom. The van der Waals surface area contributed by atoms with E-state index in [2.05, 4.69) is 37.4 Å². The first-order valence-electron chi connectivity index (χ1n) is 6.32. The van der Waals surface area contributed by atoms with E-state index in [1.807, 2.05) is 0 Å². The van der Waals surface area contributed by atoms with Gasteiger partial charge >= 0.3 is 0 Å². The second kappa shape index (κ2) is 7.26. The summed E-state index contributed by atoms with van der Waals surface area (Å²) < 4.78 is 0. The van der Waals surface area contributed by atoms with Gasteiger partial charge in [-0.3, -0.25) is 4.79 Å². The van der Waals surface area contributed by atoms with Crippen LogP contribution in [0.25, 0.3) is 0 Å². The lowest BCUT2D eigenvalue weighted by Gasteiger charge is -2.04. The molecule has 0 atom stereocenters. The average Bonchev–Trinajstić information content (AvgIpc) is 3.09. The molecule has 1 amide bonds. The fourth-order valence-electron chi connectivity index (χ4n) is 1.50. The van der Waals surface area contributed by atoms with E-state index in [0.717, 1.165) is 32.1 Å². The van der Waals surface area contributed by atoms with Gasteiger partial charge in [-0.2, -0.15) is 0 Å². The molecule has 2 nitrogen and oxygen atoms in total. The molecule has 16 heavy (non-hydrogen) atoms. The summed E-state index contributed by atoms with van der Waals surface area (Å²) in [5, 5.41) is 2.97. The standard InChI is InChI=1S/C14H23NO/c1-3-4-5-6-7-8-12(2)11-15-14(16)13-9-10-13/h4-5,8,13H,3,6-7,9-11H2,1-2H3,(H,15,16)/b5-4-,12-8+. The van der Waals surface area contributed by atoms with Crippen molar-refractivity contribution in [3.63, 3.8) is 0 Å². The minimum atomic E-state index is 0.235. The second-order valence-electron chi connectivity index (χ2n) is 4.50. The molecule has 0 unspecified atom stereocenters. The van der Waals surface area contributed by atoms with Crippen LogP contribution < -0.4 is 5.32 Å². The van der Waals surface area contributed by atoms with Crippen molar-refractivity contribution in [2.24, 2.45) is 5.92 Å². The lowest BCUT2D eigenvalue weighted by Crippen LogP contribution is -2.26. The highest BCUT2D eigenvalue weighted by Gasteiger charge is 2.28. The number of carbonyl (C=O) groups excluding carboxylic acids is 1. The molecule has 1 N–H and O–H groups in total. The van der Waals surface area contributed by atoms with Crippen molar-refractivity contribution in [3.8, 4) is 0 Å². The van der Waals surface area contributed by atoms with Gasteiger partial charge in [0.1, 0.15) is 0 Å². The zero-order chi connectivity index (χ0) is 11.8. The summed E-state index contributed by atoms with van der Waals surface area (Å²) in [5.74, 6) is 0.555. The Balaban J connectivity index is 2.08. The van der Waals surface area contributed by atoms with Crippen molar-refractivity contribution in [1.82, 2.24) is 5.32 Å². The fourth-order valence-corrected chi connectivity index (χ4v) is 1.50. The van der Waals surface area contributed by atoms with Gasteiger partial charge in [0.25, 0.3) is 0 Å². The van der Waals surface area contributed by atoms with Crippen LogP contribution in [0.1, 0.15) is 46.0 Å². The van der Waals surface area contributed by atoms with Crippen LogP contribution in [0.2, 0.25) is 0 Å². The summed E-state index contributed by atoms with van der Waals surface area (Å²) in [4.78, 5) is 11.4. The summed E-state index contributed by atoms with van der Waals surface area (Å²) >= 11 is 0. The van der Waals surface area contributed by atoms with E-state index >= 15 is 0 Å². The summed E-state index contributed by atoms with van der Waals surface area (Å²) in [6.45, 7) is 4.94. The van der Waals surface area contributed by atoms with Gasteiger partial charge < -0.3 is 5.32 Å². The SMILES string of the molecule is CC/C=C\CC/C=C(\C)CNC(=O)C1CC1. The Bertz CT molecular complexity index is 274. The van der Waals surface area contributed by atoms with Gasteiger partial charge in [-0.15, -0.1) is 0 Å². The van der Waals surface area contributed by atoms with E-state index in [1.54, 1.807) is 0 Å². The molecule has 0 aromatic heterocycles. The van der Waals surface area contributed by atoms with E-state index in [9.17, 15) is 4.79 Å². The summed E-state index contributed by atoms with van der Waals surface area (Å²) in [7, 11) is 0. The number of allylic oxidation sites excluding steroid dienone is 3. The van der Waals surface area contributed by atoms with Gasteiger partial charge in [0, 0.05) is 12.5 Å². The smallest absolute Gasteiger partial charge is 0.223 e. The molecule has 0 aliphatic heterocycles. The lowest BCUT2D eigenvalue weighted by molar-refractivity contribution is -0.122. The van der Waals surface area contributed by atoms with Crippen LogP contribution in [-0.2, 0) is 4.79 Å². The minimum Gasteiger partial charge on any atom is -0.352 e. The molecule has 2 heteroatoms. The fraction of sp³-hybridized carbons (Fsp3) is 0.643. The van der Waals surface area contributed by atoms with E-state index in [4.69, 9.17) is 0 Å². The molecule has 0 aromatic rings. The van der Waals surface area contributed by atoms with Gasteiger partial charge in [-0.25, -0.2) is 0 Å². The van der Waals surface area contributed by atoms with Crippen LogP contribution in [-0.4, -0.2) is 12.5 Å². The number of carbonyl (C=O) groups is 1. The minimum absolute atomic E-state index is 0.235. The third-order valence-corrected chi connectivity index (χ3v) is 2.72. The molecule has 1 aliphatic rings. The summed E-state index contributed by atoms with van der Waals surface area (Å²) in [5.41, 5.74) is 1.26. The molecule has 0 bridgehead atoms. The Morgan fingerprint density at radius 1 is 1.31 bits per heavy atom. The average molecular weight is 221 g/mol. The highest BCUT2D eigenvalue weighted by atomic mass is 16.2. The number of nitrogens with one attached hydrogen (secondary N) is 1. The first-order chi connectivity index (χ1) is 7.74. The topological polar surface area (TPSA) is 29.1 Å². The molecule has 1 saturated carbocycles. The molecule has 0 saturated heterocycles. The van der Waals surface area contributed by atoms with Crippen molar-refractivity contribution in [2.75, 3.05) is 6.54 Å². The van der Waals surface area contributed by atoms with E-state index in [1.165, 1.54) is 5.57 Å². The number of unbranched alkanes of at least 4 members (excludes halogenated alkanes) is 1. The van der Waals surface area contributed by atoms with Crippen LogP contribution in [0.15, 0.2) is 23.8 Å². The maximum atomic E-state index is 11.4. The molecule has 0 heterocycles. The molecule has 0 spiro atoms. The van der Waals surface area contributed by atoms with Crippen LogP contribution in [0.4, 0.5) is 0 Å². The molecular formula is C14H23NO. The largest absolute Gasteiger partial charge is 0.352 e. The second-order valence-corrected chi connectivity index (χ2v) is 4.50. The number of rotatable bonds is 7. The van der Waals surface area contributed by atoms with Crippen LogP contribution in [0, 0.1) is 5.92 Å². The van der Waals surface area contributed by atoms with Gasteiger partial charge in [-0.05, 0) is 39.0 Å². The lowest BCUT2D eigenvalue weighted by atomic mass is 10.2. The number of hydrogen-bond donors (Lipinski definition) is 1. The van der Waals surface area contributed by atoms with Crippen LogP contribution >= 0.6 is 0 Å². The number of amides is 1. The van der Waals surface area contributed by atoms with E-state index in [0.29, 0.717) is 12.5 Å². The number of hydrogen-bond acceptors (Lipinski definition) is 1. The monoisotopic (exact) mass is 221 g/mol. The van der Waals surface area contributed by atoms with Gasteiger partial charge in [0.2, 0.25) is 5.91 Å². The van der Waals surface area contributed by atoms with Crippen LogP contribution in [0.3, 0.4) is 0 Å². The van der Waals surface area contributed by atoms with E-state index < -0.39 is 0 Å². The molecule has 1 aliphatic carbocycles. The van der Waals surface area contributed by atoms with Crippen molar-refractivity contribution in [1.29, 1.82) is 0 Å². The summed E-state index contributed by atoms with van der Waals surface area (Å²) in [6.07, 6.45) is 12.1. The normalized spacial score (nSPS) is 16.8. The quantitative estimate of drug-likeness (QED) is 0.519. The highest BCUT2D eigenvalue weighted by molar-refractivity contribution is 5.80. The van der Waals surface area contributed by atoms with Gasteiger partial charge in [0.05, 0.1) is 0 Å². The zero-order valence-corrected chi connectivity index (χ0v) is 10.5. The molecule has 90 valence electrons. The van der Waals surface area contributed by atoms with E-state index in [-0.39, 0.29) is 5.91 Å². The Hall–Kier alpha value is -1.05. The van der Waals surface area contributed by atoms with Crippen LogP contribution in [0.5, 0.6) is 0 Å².